The van der Waals surface area contributed by atoms with Gasteiger partial charge < -0.3 is 4.90 Å². The summed E-state index contributed by atoms with van der Waals surface area (Å²) >= 11 is 0. The highest BCUT2D eigenvalue weighted by Crippen LogP contribution is 2.35. The van der Waals surface area contributed by atoms with E-state index in [0.29, 0.717) is 6.04 Å². The molecular formula is C19H25N3. The molecule has 0 N–H and O–H groups in total. The summed E-state index contributed by atoms with van der Waals surface area (Å²) in [5.74, 6) is 1.04. The van der Waals surface area contributed by atoms with Crippen LogP contribution in [0.25, 0.3) is 0 Å². The Kier molecular flexibility index (Phi) is 4.44. The van der Waals surface area contributed by atoms with Gasteiger partial charge in [0.05, 0.1) is 0 Å². The topological polar surface area (TPSA) is 19.4 Å². The molecule has 0 spiro atoms. The molecule has 1 aliphatic heterocycles. The number of aromatic nitrogens is 1. The molecule has 22 heavy (non-hydrogen) atoms. The van der Waals surface area contributed by atoms with Crippen LogP contribution in [0.2, 0.25) is 0 Å². The Balaban J connectivity index is 1.81. The van der Waals surface area contributed by atoms with Gasteiger partial charge in [-0.2, -0.15) is 0 Å². The van der Waals surface area contributed by atoms with E-state index in [9.17, 15) is 0 Å². The highest BCUT2D eigenvalue weighted by molar-refractivity contribution is 5.43. The number of anilines is 1. The van der Waals surface area contributed by atoms with Crippen molar-refractivity contribution in [1.82, 2.24) is 9.88 Å². The monoisotopic (exact) mass is 295 g/mol. The van der Waals surface area contributed by atoms with Crippen molar-refractivity contribution in [2.24, 2.45) is 0 Å². The van der Waals surface area contributed by atoms with Crippen LogP contribution in [0.15, 0.2) is 42.6 Å². The van der Waals surface area contributed by atoms with Crippen LogP contribution in [-0.2, 0) is 6.54 Å². The maximum atomic E-state index is 4.62. The zero-order valence-electron chi connectivity index (χ0n) is 13.8. The molecule has 1 aliphatic rings. The van der Waals surface area contributed by atoms with E-state index in [1.807, 2.05) is 14.1 Å². The number of pyridine rings is 1. The summed E-state index contributed by atoms with van der Waals surface area (Å²) in [5.41, 5.74) is 4.13. The van der Waals surface area contributed by atoms with Gasteiger partial charge in [0.1, 0.15) is 5.82 Å². The van der Waals surface area contributed by atoms with E-state index in [1.54, 1.807) is 0 Å². The molecule has 0 unspecified atom stereocenters. The first kappa shape index (κ1) is 15.0. The summed E-state index contributed by atoms with van der Waals surface area (Å²) in [6, 6.07) is 13.5. The molecule has 2 aromatic rings. The summed E-state index contributed by atoms with van der Waals surface area (Å²) in [5, 5.41) is 0. The van der Waals surface area contributed by atoms with Crippen molar-refractivity contribution >= 4 is 5.82 Å². The quantitative estimate of drug-likeness (QED) is 0.855. The van der Waals surface area contributed by atoms with Crippen LogP contribution in [0.5, 0.6) is 0 Å². The summed E-state index contributed by atoms with van der Waals surface area (Å²) in [4.78, 5) is 9.28. The van der Waals surface area contributed by atoms with Gasteiger partial charge >= 0.3 is 0 Å². The number of aryl methyl sites for hydroxylation is 1. The average molecular weight is 295 g/mol. The van der Waals surface area contributed by atoms with Crippen molar-refractivity contribution in [2.75, 3.05) is 25.5 Å². The molecule has 0 radical (unpaired) electrons. The van der Waals surface area contributed by atoms with Crippen molar-refractivity contribution in [2.45, 2.75) is 32.4 Å². The van der Waals surface area contributed by atoms with Crippen molar-refractivity contribution in [3.05, 3.63) is 59.3 Å². The predicted octanol–water partition coefficient (Wildman–Crippen LogP) is 3.79. The molecule has 1 saturated heterocycles. The summed E-state index contributed by atoms with van der Waals surface area (Å²) in [6.45, 7) is 4.41. The largest absolute Gasteiger partial charge is 0.363 e. The van der Waals surface area contributed by atoms with Gasteiger partial charge in [-0.15, -0.1) is 0 Å². The van der Waals surface area contributed by atoms with Gasteiger partial charge in [0.25, 0.3) is 0 Å². The number of likely N-dealkylation sites (tertiary alicyclic amines) is 1. The van der Waals surface area contributed by atoms with E-state index in [0.717, 1.165) is 12.4 Å². The summed E-state index contributed by atoms with van der Waals surface area (Å²) in [7, 11) is 4.08. The molecule has 3 nitrogen and oxygen atoms in total. The van der Waals surface area contributed by atoms with Gasteiger partial charge in [-0.05, 0) is 49.1 Å². The number of hydrogen-bond acceptors (Lipinski definition) is 3. The second kappa shape index (κ2) is 6.49. The van der Waals surface area contributed by atoms with Crippen molar-refractivity contribution in [3.8, 4) is 0 Å². The Morgan fingerprint density at radius 2 is 2.00 bits per heavy atom. The molecular weight excluding hydrogens is 270 g/mol. The number of nitrogens with zero attached hydrogens (tertiary/aromatic N) is 3. The zero-order valence-corrected chi connectivity index (χ0v) is 13.8. The second-order valence-electron chi connectivity index (χ2n) is 6.41. The first-order chi connectivity index (χ1) is 10.6. The zero-order chi connectivity index (χ0) is 15.5. The van der Waals surface area contributed by atoms with Gasteiger partial charge in [0.15, 0.2) is 0 Å². The van der Waals surface area contributed by atoms with Crippen molar-refractivity contribution in [1.29, 1.82) is 0 Å². The number of hydrogen-bond donors (Lipinski definition) is 0. The minimum Gasteiger partial charge on any atom is -0.363 e. The molecule has 1 aromatic carbocycles. The summed E-state index contributed by atoms with van der Waals surface area (Å²) in [6.07, 6.45) is 4.59. The highest BCUT2D eigenvalue weighted by atomic mass is 15.2. The normalized spacial score (nSPS) is 18.6. The van der Waals surface area contributed by atoms with Crippen LogP contribution in [-0.4, -0.2) is 30.5 Å². The van der Waals surface area contributed by atoms with E-state index in [1.165, 1.54) is 36.1 Å². The van der Waals surface area contributed by atoms with Crippen LogP contribution < -0.4 is 4.90 Å². The highest BCUT2D eigenvalue weighted by Gasteiger charge is 2.27. The average Bonchev–Trinajstić information content (AvgIpc) is 2.96. The lowest BCUT2D eigenvalue weighted by Gasteiger charge is -2.26. The van der Waals surface area contributed by atoms with E-state index in [-0.39, 0.29) is 0 Å². The van der Waals surface area contributed by atoms with Crippen LogP contribution >= 0.6 is 0 Å². The standard InChI is InChI=1S/C19H25N3/c1-15-12-19(21(2)3)20-13-17(15)18-10-7-11-22(18)14-16-8-5-4-6-9-16/h4-6,8-9,12-13,18H,7,10-11,14H2,1-3H3/t18-/m0/s1. The molecule has 1 fully saturated rings. The molecule has 0 saturated carbocycles. The summed E-state index contributed by atoms with van der Waals surface area (Å²) < 4.78 is 0. The third-order valence-electron chi connectivity index (χ3n) is 4.55. The molecule has 2 heterocycles. The van der Waals surface area contributed by atoms with E-state index in [4.69, 9.17) is 0 Å². The van der Waals surface area contributed by atoms with Crippen molar-refractivity contribution < 1.29 is 0 Å². The van der Waals surface area contributed by atoms with E-state index in [2.05, 4.69) is 64.3 Å². The third kappa shape index (κ3) is 3.14. The minimum absolute atomic E-state index is 0.504. The van der Waals surface area contributed by atoms with E-state index < -0.39 is 0 Å². The lowest BCUT2D eigenvalue weighted by Crippen LogP contribution is -2.23. The fraction of sp³-hybridized carbons (Fsp3) is 0.421. The van der Waals surface area contributed by atoms with Gasteiger partial charge in [0.2, 0.25) is 0 Å². The maximum absolute atomic E-state index is 4.62. The van der Waals surface area contributed by atoms with Gasteiger partial charge in [-0.3, -0.25) is 4.90 Å². The molecule has 116 valence electrons. The second-order valence-corrected chi connectivity index (χ2v) is 6.41. The van der Waals surface area contributed by atoms with Gasteiger partial charge in [-0.25, -0.2) is 4.98 Å². The molecule has 3 rings (SSSR count). The lowest BCUT2D eigenvalue weighted by atomic mass is 10.0. The number of rotatable bonds is 4. The minimum atomic E-state index is 0.504. The van der Waals surface area contributed by atoms with Crippen molar-refractivity contribution in [3.63, 3.8) is 0 Å². The Labute approximate surface area is 133 Å². The van der Waals surface area contributed by atoms with Crippen LogP contribution in [0, 0.1) is 6.92 Å². The first-order valence-electron chi connectivity index (χ1n) is 8.07. The fourth-order valence-corrected chi connectivity index (χ4v) is 3.33. The van der Waals surface area contributed by atoms with E-state index >= 15 is 0 Å². The predicted molar refractivity (Wildman–Crippen MR) is 92.1 cm³/mol. The van der Waals surface area contributed by atoms with Crippen LogP contribution in [0.4, 0.5) is 5.82 Å². The molecule has 0 bridgehead atoms. The SMILES string of the molecule is Cc1cc(N(C)C)ncc1[C@@H]1CCCN1Cc1ccccc1. The molecule has 0 amide bonds. The lowest BCUT2D eigenvalue weighted by molar-refractivity contribution is 0.247. The molecule has 0 aliphatic carbocycles. The fourth-order valence-electron chi connectivity index (χ4n) is 3.33. The Hall–Kier alpha value is -1.87. The van der Waals surface area contributed by atoms with Gasteiger partial charge in [-0.1, -0.05) is 30.3 Å². The van der Waals surface area contributed by atoms with Gasteiger partial charge in [0, 0.05) is 32.9 Å². The molecule has 1 aromatic heterocycles. The Bertz CT molecular complexity index is 622. The first-order valence-corrected chi connectivity index (χ1v) is 8.07. The Morgan fingerprint density at radius 1 is 1.23 bits per heavy atom. The molecule has 3 heteroatoms. The Morgan fingerprint density at radius 3 is 2.68 bits per heavy atom. The maximum Gasteiger partial charge on any atom is 0.128 e. The third-order valence-corrected chi connectivity index (χ3v) is 4.55. The smallest absolute Gasteiger partial charge is 0.128 e. The van der Waals surface area contributed by atoms with Crippen LogP contribution in [0.3, 0.4) is 0 Å². The molecule has 1 atom stereocenters. The van der Waals surface area contributed by atoms with Crippen LogP contribution in [0.1, 0.15) is 35.6 Å². The number of benzene rings is 1.